The van der Waals surface area contributed by atoms with Crippen molar-refractivity contribution < 1.29 is 14.0 Å². The molecule has 2 atom stereocenters. The molecule has 26 heavy (non-hydrogen) atoms. The minimum absolute atomic E-state index is 0.0350. The van der Waals surface area contributed by atoms with Gasteiger partial charge in [0.1, 0.15) is 5.82 Å². The Labute approximate surface area is 155 Å². The SMILES string of the molecule is CCCCC(CCCC(=O)c1ccc(F)cc1)C1CNCCN1C(N)=O. The van der Waals surface area contributed by atoms with Gasteiger partial charge in [0.05, 0.1) is 0 Å². The van der Waals surface area contributed by atoms with Crippen LogP contribution in [-0.2, 0) is 0 Å². The standard InChI is InChI=1S/C20H30FN3O2/c1-2-3-5-15(18-14-23-12-13-24(18)20(22)26)6-4-7-19(25)16-8-10-17(21)11-9-16/h8-11,15,18,23H,2-7,12-14H2,1H3,(H2,22,26). The third-order valence-corrected chi connectivity index (χ3v) is 5.18. The lowest BCUT2D eigenvalue weighted by molar-refractivity contribution is 0.0964. The Morgan fingerprint density at radius 3 is 2.62 bits per heavy atom. The van der Waals surface area contributed by atoms with E-state index in [1.165, 1.54) is 24.3 Å². The number of nitrogens with two attached hydrogens (primary N) is 1. The highest BCUT2D eigenvalue weighted by molar-refractivity contribution is 5.95. The number of amides is 2. The van der Waals surface area contributed by atoms with Gasteiger partial charge in [-0.15, -0.1) is 0 Å². The molecule has 0 aliphatic carbocycles. The number of ketones is 1. The molecular weight excluding hydrogens is 333 g/mol. The molecule has 3 N–H and O–H groups in total. The van der Waals surface area contributed by atoms with Gasteiger partial charge >= 0.3 is 6.03 Å². The maximum Gasteiger partial charge on any atom is 0.315 e. The van der Waals surface area contributed by atoms with Crippen LogP contribution in [-0.4, -0.2) is 42.4 Å². The van der Waals surface area contributed by atoms with Gasteiger partial charge in [0.2, 0.25) is 0 Å². The fraction of sp³-hybridized carbons (Fsp3) is 0.600. The minimum Gasteiger partial charge on any atom is -0.351 e. The van der Waals surface area contributed by atoms with Crippen LogP contribution in [0.25, 0.3) is 0 Å². The van der Waals surface area contributed by atoms with Gasteiger partial charge in [-0.05, 0) is 49.4 Å². The molecule has 2 unspecified atom stereocenters. The van der Waals surface area contributed by atoms with E-state index >= 15 is 0 Å². The summed E-state index contributed by atoms with van der Waals surface area (Å²) in [4.78, 5) is 25.8. The number of primary amides is 1. The van der Waals surface area contributed by atoms with Gasteiger partial charge in [-0.3, -0.25) is 4.79 Å². The Balaban J connectivity index is 1.93. The first-order valence-corrected chi connectivity index (χ1v) is 9.58. The summed E-state index contributed by atoms with van der Waals surface area (Å²) in [6.45, 7) is 4.31. The molecule has 2 amide bonds. The van der Waals surface area contributed by atoms with Crippen molar-refractivity contribution in [1.82, 2.24) is 10.2 Å². The summed E-state index contributed by atoms with van der Waals surface area (Å²) in [5, 5.41) is 3.36. The number of urea groups is 1. The van der Waals surface area contributed by atoms with E-state index in [2.05, 4.69) is 12.2 Å². The van der Waals surface area contributed by atoms with Crippen LogP contribution in [0.4, 0.5) is 9.18 Å². The average molecular weight is 363 g/mol. The zero-order chi connectivity index (χ0) is 18.9. The van der Waals surface area contributed by atoms with Crippen molar-refractivity contribution in [3.05, 3.63) is 35.6 Å². The van der Waals surface area contributed by atoms with Crippen molar-refractivity contribution in [3.63, 3.8) is 0 Å². The number of carbonyl (C=O) groups excluding carboxylic acids is 2. The molecule has 144 valence electrons. The number of piperazine rings is 1. The van der Waals surface area contributed by atoms with Crippen LogP contribution in [0, 0.1) is 11.7 Å². The van der Waals surface area contributed by atoms with E-state index < -0.39 is 0 Å². The van der Waals surface area contributed by atoms with E-state index in [0.717, 1.165) is 45.2 Å². The zero-order valence-electron chi connectivity index (χ0n) is 15.5. The summed E-state index contributed by atoms with van der Waals surface area (Å²) >= 11 is 0. The lowest BCUT2D eigenvalue weighted by atomic mass is 9.86. The van der Waals surface area contributed by atoms with Crippen molar-refractivity contribution >= 4 is 11.8 Å². The van der Waals surface area contributed by atoms with Gasteiger partial charge in [-0.2, -0.15) is 0 Å². The van der Waals surface area contributed by atoms with E-state index in [1.807, 2.05) is 0 Å². The molecule has 5 nitrogen and oxygen atoms in total. The summed E-state index contributed by atoms with van der Waals surface area (Å²) < 4.78 is 13.0. The van der Waals surface area contributed by atoms with Crippen LogP contribution in [0.15, 0.2) is 24.3 Å². The summed E-state index contributed by atoms with van der Waals surface area (Å²) in [5.41, 5.74) is 6.11. The summed E-state index contributed by atoms with van der Waals surface area (Å²) in [6.07, 6.45) is 5.29. The fourth-order valence-corrected chi connectivity index (χ4v) is 3.72. The monoisotopic (exact) mass is 363 g/mol. The molecule has 1 aliphatic heterocycles. The molecule has 0 saturated carbocycles. The quantitative estimate of drug-likeness (QED) is 0.661. The number of hydrogen-bond acceptors (Lipinski definition) is 3. The maximum atomic E-state index is 13.0. The molecule has 0 spiro atoms. The molecule has 2 rings (SSSR count). The van der Waals surface area contributed by atoms with Crippen molar-refractivity contribution in [1.29, 1.82) is 0 Å². The van der Waals surface area contributed by atoms with Gasteiger partial charge < -0.3 is 16.0 Å². The molecule has 1 heterocycles. The van der Waals surface area contributed by atoms with Gasteiger partial charge in [0, 0.05) is 37.7 Å². The third-order valence-electron chi connectivity index (χ3n) is 5.18. The number of nitrogens with zero attached hydrogens (tertiary/aromatic N) is 1. The molecule has 1 aromatic carbocycles. The summed E-state index contributed by atoms with van der Waals surface area (Å²) in [6, 6.07) is 5.43. The highest BCUT2D eigenvalue weighted by Crippen LogP contribution is 2.25. The number of halogens is 1. The first-order chi connectivity index (χ1) is 12.5. The van der Waals surface area contributed by atoms with Crippen molar-refractivity contribution in [2.24, 2.45) is 11.7 Å². The van der Waals surface area contributed by atoms with E-state index in [4.69, 9.17) is 5.73 Å². The predicted octanol–water partition coefficient (Wildman–Crippen LogP) is 3.34. The Kier molecular flexibility index (Phi) is 8.04. The van der Waals surface area contributed by atoms with Crippen molar-refractivity contribution in [3.8, 4) is 0 Å². The van der Waals surface area contributed by atoms with Gasteiger partial charge in [-0.25, -0.2) is 9.18 Å². The molecule has 6 heteroatoms. The Morgan fingerprint density at radius 2 is 1.96 bits per heavy atom. The minimum atomic E-state index is -0.361. The van der Waals surface area contributed by atoms with E-state index in [-0.39, 0.29) is 23.7 Å². The predicted molar refractivity (Wildman–Crippen MR) is 101 cm³/mol. The molecule has 0 bridgehead atoms. The Hall–Kier alpha value is -1.95. The first kappa shape index (κ1) is 20.4. The van der Waals surface area contributed by atoms with E-state index in [0.29, 0.717) is 24.4 Å². The smallest absolute Gasteiger partial charge is 0.315 e. The number of unbranched alkanes of at least 4 members (excludes halogenated alkanes) is 1. The van der Waals surface area contributed by atoms with E-state index in [1.54, 1.807) is 4.90 Å². The van der Waals surface area contributed by atoms with Crippen LogP contribution in [0.3, 0.4) is 0 Å². The van der Waals surface area contributed by atoms with Crippen LogP contribution < -0.4 is 11.1 Å². The average Bonchev–Trinajstić information content (AvgIpc) is 2.65. The Morgan fingerprint density at radius 1 is 1.27 bits per heavy atom. The van der Waals surface area contributed by atoms with Crippen molar-refractivity contribution in [2.75, 3.05) is 19.6 Å². The first-order valence-electron chi connectivity index (χ1n) is 9.58. The third kappa shape index (κ3) is 5.80. The number of carbonyl (C=O) groups is 2. The zero-order valence-corrected chi connectivity index (χ0v) is 15.5. The second kappa shape index (κ2) is 10.3. The lowest BCUT2D eigenvalue weighted by Gasteiger charge is -2.40. The van der Waals surface area contributed by atoms with Gasteiger partial charge in [0.15, 0.2) is 5.78 Å². The van der Waals surface area contributed by atoms with Crippen molar-refractivity contribution in [2.45, 2.75) is 51.5 Å². The maximum absolute atomic E-state index is 13.0. The highest BCUT2D eigenvalue weighted by atomic mass is 19.1. The van der Waals surface area contributed by atoms with Gasteiger partial charge in [0.25, 0.3) is 0 Å². The molecule has 1 aromatic rings. The van der Waals surface area contributed by atoms with Gasteiger partial charge in [-0.1, -0.05) is 19.8 Å². The molecular formula is C20H30FN3O2. The number of rotatable bonds is 9. The summed E-state index contributed by atoms with van der Waals surface area (Å²) in [5.74, 6) is 0.0292. The normalized spacial score (nSPS) is 18.5. The number of benzene rings is 1. The number of hydrogen-bond donors (Lipinski definition) is 2. The van der Waals surface area contributed by atoms with Crippen LogP contribution in [0.5, 0.6) is 0 Å². The second-order valence-corrected chi connectivity index (χ2v) is 7.03. The molecule has 0 radical (unpaired) electrons. The second-order valence-electron chi connectivity index (χ2n) is 7.03. The van der Waals surface area contributed by atoms with E-state index in [9.17, 15) is 14.0 Å². The summed E-state index contributed by atoms with van der Waals surface area (Å²) in [7, 11) is 0. The largest absolute Gasteiger partial charge is 0.351 e. The highest BCUT2D eigenvalue weighted by Gasteiger charge is 2.31. The molecule has 1 aliphatic rings. The molecule has 1 saturated heterocycles. The topological polar surface area (TPSA) is 75.4 Å². The van der Waals surface area contributed by atoms with Crippen LogP contribution in [0.2, 0.25) is 0 Å². The number of nitrogens with one attached hydrogen (secondary N) is 1. The molecule has 0 aromatic heterocycles. The fourth-order valence-electron chi connectivity index (χ4n) is 3.72. The number of Topliss-reactive ketones (excluding diaryl/α,β-unsaturated/α-hetero) is 1. The lowest BCUT2D eigenvalue weighted by Crippen LogP contribution is -2.58. The Bertz CT molecular complexity index is 591. The molecule has 1 fully saturated rings. The van der Waals surface area contributed by atoms with Crippen LogP contribution >= 0.6 is 0 Å². The van der Waals surface area contributed by atoms with Crippen LogP contribution in [0.1, 0.15) is 55.8 Å².